The summed E-state index contributed by atoms with van der Waals surface area (Å²) in [6.07, 6.45) is 11.7. The van der Waals surface area contributed by atoms with Gasteiger partial charge in [-0.1, -0.05) is 43.2 Å². The molecule has 0 saturated heterocycles. The first-order chi connectivity index (χ1) is 14.7. The van der Waals surface area contributed by atoms with E-state index in [1.54, 1.807) is 7.11 Å². The molecule has 2 aliphatic carbocycles. The lowest BCUT2D eigenvalue weighted by Gasteiger charge is -2.35. The maximum Gasteiger partial charge on any atom is 0.254 e. The van der Waals surface area contributed by atoms with Crippen molar-refractivity contribution in [3.05, 3.63) is 71.0 Å². The number of ether oxygens (including phenoxy) is 1. The summed E-state index contributed by atoms with van der Waals surface area (Å²) in [5.41, 5.74) is 3.18. The van der Waals surface area contributed by atoms with Gasteiger partial charge in [-0.2, -0.15) is 0 Å². The molecule has 2 aromatic rings. The molecule has 3 aliphatic rings. The van der Waals surface area contributed by atoms with Gasteiger partial charge < -0.3 is 14.7 Å². The monoisotopic (exact) mass is 403 g/mol. The quantitative estimate of drug-likeness (QED) is 0.802. The first kappa shape index (κ1) is 19.4. The average molecular weight is 404 g/mol. The standard InChI is InChI=1S/C26H29NO3/c1-30-19-12-10-17(11-13-19)14-18-15-22-23(21-7-3-2-6-20(18)21)16-27(26(22)29)24-8-4-5-9-25(24)28/h2-3,6-7,10,12-13,15,17,24-25,28H,4-5,8-9,11,14,16H2,1H3/t17?,24-,25-/m0/s1. The Morgan fingerprint density at radius 3 is 2.70 bits per heavy atom. The van der Waals surface area contributed by atoms with E-state index < -0.39 is 6.10 Å². The van der Waals surface area contributed by atoms with Gasteiger partial charge in [-0.3, -0.25) is 4.79 Å². The Bertz CT molecular complexity index is 1040. The van der Waals surface area contributed by atoms with E-state index in [9.17, 15) is 9.90 Å². The second-order valence-electron chi connectivity index (χ2n) is 8.83. The molecule has 1 aliphatic heterocycles. The summed E-state index contributed by atoms with van der Waals surface area (Å²) < 4.78 is 5.32. The molecule has 1 N–H and O–H groups in total. The van der Waals surface area contributed by atoms with Crippen molar-refractivity contribution in [3.63, 3.8) is 0 Å². The average Bonchev–Trinajstić information content (AvgIpc) is 3.11. The van der Waals surface area contributed by atoms with Crippen LogP contribution in [0.15, 0.2) is 54.3 Å². The molecule has 0 spiro atoms. The molecule has 1 fully saturated rings. The largest absolute Gasteiger partial charge is 0.497 e. The first-order valence-corrected chi connectivity index (χ1v) is 11.1. The summed E-state index contributed by atoms with van der Waals surface area (Å²) in [5.74, 6) is 1.41. The van der Waals surface area contributed by atoms with Crippen LogP contribution in [-0.4, -0.2) is 35.2 Å². The van der Waals surface area contributed by atoms with Crippen LogP contribution < -0.4 is 0 Å². The Morgan fingerprint density at radius 2 is 1.97 bits per heavy atom. The summed E-state index contributed by atoms with van der Waals surface area (Å²) >= 11 is 0. The van der Waals surface area contributed by atoms with Gasteiger partial charge in [-0.15, -0.1) is 0 Å². The van der Waals surface area contributed by atoms with E-state index in [1.807, 2.05) is 11.0 Å². The maximum atomic E-state index is 13.4. The number of benzene rings is 2. The molecule has 0 radical (unpaired) electrons. The minimum Gasteiger partial charge on any atom is -0.497 e. The molecule has 0 aromatic heterocycles. The minimum absolute atomic E-state index is 0.0558. The van der Waals surface area contributed by atoms with Crippen LogP contribution in [0.4, 0.5) is 0 Å². The molecule has 156 valence electrons. The minimum atomic E-state index is -0.406. The molecule has 4 nitrogen and oxygen atoms in total. The van der Waals surface area contributed by atoms with Crippen molar-refractivity contribution < 1.29 is 14.6 Å². The molecule has 5 rings (SSSR count). The number of aliphatic hydroxyl groups excluding tert-OH is 1. The van der Waals surface area contributed by atoms with Gasteiger partial charge in [0.1, 0.15) is 5.76 Å². The lowest BCUT2D eigenvalue weighted by atomic mass is 9.88. The number of allylic oxidation sites excluding steroid dienone is 3. The molecule has 3 atom stereocenters. The van der Waals surface area contributed by atoms with Gasteiger partial charge in [-0.05, 0) is 71.7 Å². The molecule has 1 unspecified atom stereocenters. The number of carbonyl (C=O) groups excluding carboxylic acids is 1. The van der Waals surface area contributed by atoms with E-state index in [0.717, 1.165) is 55.4 Å². The summed E-state index contributed by atoms with van der Waals surface area (Å²) in [6.45, 7) is 0.611. The van der Waals surface area contributed by atoms with Gasteiger partial charge in [0, 0.05) is 12.1 Å². The highest BCUT2D eigenvalue weighted by atomic mass is 16.5. The topological polar surface area (TPSA) is 49.8 Å². The second kappa shape index (κ2) is 7.92. The third-order valence-corrected chi connectivity index (χ3v) is 7.03. The fourth-order valence-electron chi connectivity index (χ4n) is 5.39. The number of hydrogen-bond acceptors (Lipinski definition) is 3. The Hall–Kier alpha value is -2.59. The van der Waals surface area contributed by atoms with Gasteiger partial charge in [0.25, 0.3) is 5.91 Å². The highest BCUT2D eigenvalue weighted by molar-refractivity contribution is 6.05. The van der Waals surface area contributed by atoms with Crippen LogP contribution in [0.3, 0.4) is 0 Å². The number of hydrogen-bond donors (Lipinski definition) is 1. The molecule has 0 bridgehead atoms. The number of methoxy groups -OCH3 is 1. The van der Waals surface area contributed by atoms with E-state index in [2.05, 4.69) is 42.5 Å². The van der Waals surface area contributed by atoms with Crippen molar-refractivity contribution in [2.75, 3.05) is 7.11 Å². The van der Waals surface area contributed by atoms with E-state index in [4.69, 9.17) is 4.74 Å². The Kier molecular flexibility index (Phi) is 5.11. The maximum absolute atomic E-state index is 13.4. The number of fused-ring (bicyclic) bond motifs is 3. The molecule has 4 heteroatoms. The number of aliphatic hydroxyl groups is 1. The smallest absolute Gasteiger partial charge is 0.254 e. The zero-order valence-electron chi connectivity index (χ0n) is 17.5. The number of amides is 1. The van der Waals surface area contributed by atoms with E-state index in [0.29, 0.717) is 12.5 Å². The molecule has 2 aromatic carbocycles. The highest BCUT2D eigenvalue weighted by Gasteiger charge is 2.38. The zero-order valence-corrected chi connectivity index (χ0v) is 17.5. The third-order valence-electron chi connectivity index (χ3n) is 7.03. The normalized spacial score (nSPS) is 26.1. The molecule has 1 saturated carbocycles. The van der Waals surface area contributed by atoms with Gasteiger partial charge in [-0.25, -0.2) is 0 Å². The summed E-state index contributed by atoms with van der Waals surface area (Å²) in [5, 5.41) is 13.0. The first-order valence-electron chi connectivity index (χ1n) is 11.1. The fourth-order valence-corrected chi connectivity index (χ4v) is 5.39. The predicted octanol–water partition coefficient (Wildman–Crippen LogP) is 4.75. The van der Waals surface area contributed by atoms with Gasteiger partial charge in [0.15, 0.2) is 0 Å². The summed E-state index contributed by atoms with van der Waals surface area (Å²) in [4.78, 5) is 15.3. The lowest BCUT2D eigenvalue weighted by Crippen LogP contribution is -2.45. The van der Waals surface area contributed by atoms with Gasteiger partial charge >= 0.3 is 0 Å². The Labute approximate surface area is 177 Å². The number of rotatable bonds is 4. The Morgan fingerprint density at radius 1 is 1.17 bits per heavy atom. The van der Waals surface area contributed by atoms with Crippen molar-refractivity contribution in [2.45, 2.75) is 57.2 Å². The van der Waals surface area contributed by atoms with Crippen LogP contribution >= 0.6 is 0 Å². The van der Waals surface area contributed by atoms with Crippen molar-refractivity contribution in [3.8, 4) is 0 Å². The molecule has 1 heterocycles. The van der Waals surface area contributed by atoms with Crippen molar-refractivity contribution >= 4 is 16.7 Å². The van der Waals surface area contributed by atoms with Crippen LogP contribution in [0.2, 0.25) is 0 Å². The van der Waals surface area contributed by atoms with Crippen LogP contribution in [0.5, 0.6) is 0 Å². The molecular weight excluding hydrogens is 374 g/mol. The third kappa shape index (κ3) is 3.33. The van der Waals surface area contributed by atoms with Crippen LogP contribution in [0.1, 0.15) is 53.6 Å². The van der Waals surface area contributed by atoms with Crippen LogP contribution in [0.25, 0.3) is 10.8 Å². The Balaban J connectivity index is 1.49. The highest BCUT2D eigenvalue weighted by Crippen LogP contribution is 2.37. The molecular formula is C26H29NO3. The lowest BCUT2D eigenvalue weighted by molar-refractivity contribution is 0.0192. The number of carbonyl (C=O) groups is 1. The van der Waals surface area contributed by atoms with Gasteiger partial charge in [0.05, 0.1) is 19.3 Å². The summed E-state index contributed by atoms with van der Waals surface area (Å²) in [7, 11) is 1.70. The van der Waals surface area contributed by atoms with Crippen molar-refractivity contribution in [1.29, 1.82) is 0 Å². The zero-order chi connectivity index (χ0) is 20.7. The second-order valence-corrected chi connectivity index (χ2v) is 8.83. The molecule has 1 amide bonds. The van der Waals surface area contributed by atoms with Crippen LogP contribution in [-0.2, 0) is 17.7 Å². The van der Waals surface area contributed by atoms with Crippen molar-refractivity contribution in [2.24, 2.45) is 5.92 Å². The van der Waals surface area contributed by atoms with E-state index in [-0.39, 0.29) is 11.9 Å². The van der Waals surface area contributed by atoms with Gasteiger partial charge in [0.2, 0.25) is 0 Å². The SMILES string of the molecule is COC1=CCC(Cc2cc3c(c4ccccc24)CN([C@H]2CCCC[C@@H]2O)C3=O)C=C1. The number of nitrogens with zero attached hydrogens (tertiary/aromatic N) is 1. The van der Waals surface area contributed by atoms with E-state index >= 15 is 0 Å². The van der Waals surface area contributed by atoms with Crippen molar-refractivity contribution in [1.82, 2.24) is 4.90 Å². The predicted molar refractivity (Wildman–Crippen MR) is 118 cm³/mol. The molecule has 30 heavy (non-hydrogen) atoms. The van der Waals surface area contributed by atoms with E-state index in [1.165, 1.54) is 16.3 Å². The fraction of sp³-hybridized carbons (Fsp3) is 0.423. The van der Waals surface area contributed by atoms with Crippen LogP contribution in [0, 0.1) is 5.92 Å². The summed E-state index contributed by atoms with van der Waals surface area (Å²) in [6, 6.07) is 10.5.